The largest absolute Gasteiger partial charge is 0.342 e. The minimum atomic E-state index is -0.134. The van der Waals surface area contributed by atoms with E-state index in [0.717, 1.165) is 22.4 Å². The van der Waals surface area contributed by atoms with Crippen molar-refractivity contribution < 1.29 is 14.4 Å². The average molecular weight is 368 g/mol. The third kappa shape index (κ3) is 4.03. The zero-order valence-corrected chi connectivity index (χ0v) is 15.5. The normalized spacial score (nSPS) is 10.4. The van der Waals surface area contributed by atoms with Crippen LogP contribution in [0.3, 0.4) is 0 Å². The van der Waals surface area contributed by atoms with Crippen LogP contribution >= 0.6 is 11.6 Å². The number of nitrogens with zero attached hydrogens (tertiary/aromatic N) is 1. The topological polar surface area (TPSA) is 42.2 Å². The van der Waals surface area contributed by atoms with Crippen molar-refractivity contribution >= 4 is 17.5 Å². The number of aromatic nitrogens is 1. The summed E-state index contributed by atoms with van der Waals surface area (Å²) in [6, 6.07) is 19.0. The molecule has 0 atom stereocenters. The number of nitrogens with one attached hydrogen (secondary N) is 1. The molecule has 0 aliphatic heterocycles. The summed E-state index contributed by atoms with van der Waals surface area (Å²) in [4.78, 5) is 17.8. The molecule has 0 spiro atoms. The lowest BCUT2D eigenvalue weighted by Gasteiger charge is -2.09. The molecule has 0 aliphatic carbocycles. The van der Waals surface area contributed by atoms with E-state index in [1.54, 1.807) is 24.1 Å². The second-order valence-electron chi connectivity index (χ2n) is 5.92. The quantitative estimate of drug-likeness (QED) is 0.700. The third-order valence-electron chi connectivity index (χ3n) is 4.16. The summed E-state index contributed by atoms with van der Waals surface area (Å²) >= 11 is 6.03. The molecule has 1 N–H and O–H groups in total. The maximum atomic E-state index is 12.6. The van der Waals surface area contributed by atoms with Gasteiger partial charge in [-0.1, -0.05) is 29.8 Å². The van der Waals surface area contributed by atoms with Crippen molar-refractivity contribution in [3.63, 3.8) is 0 Å². The van der Waals surface area contributed by atoms with Crippen LogP contribution in [0, 0.1) is 6.92 Å². The zero-order valence-electron chi connectivity index (χ0n) is 14.7. The zero-order chi connectivity index (χ0) is 18.5. The second kappa shape index (κ2) is 8.02. The number of carbonyl (C=O) groups is 1. The summed E-state index contributed by atoms with van der Waals surface area (Å²) < 4.78 is 1.62. The van der Waals surface area contributed by atoms with E-state index in [1.165, 1.54) is 0 Å². The molecule has 26 heavy (non-hydrogen) atoms. The molecule has 1 aromatic heterocycles. The van der Waals surface area contributed by atoms with E-state index in [1.807, 2.05) is 61.5 Å². The van der Waals surface area contributed by atoms with Crippen molar-refractivity contribution in [3.8, 4) is 11.1 Å². The molecule has 0 saturated heterocycles. The molecule has 0 saturated carbocycles. The SMILES string of the molecule is CO[n+]1ccccc1CNC(=O)c1cccc(-c2ccc(Cl)cc2C)c1. The van der Waals surface area contributed by atoms with Crippen LogP contribution in [0.1, 0.15) is 21.6 Å². The summed E-state index contributed by atoms with van der Waals surface area (Å²) in [5.74, 6) is -0.134. The van der Waals surface area contributed by atoms with Gasteiger partial charge in [0, 0.05) is 27.4 Å². The van der Waals surface area contributed by atoms with Crippen molar-refractivity contribution in [1.82, 2.24) is 5.32 Å². The molecule has 2 aromatic carbocycles. The number of hydrogen-bond acceptors (Lipinski definition) is 2. The Kier molecular flexibility index (Phi) is 5.54. The van der Waals surface area contributed by atoms with Crippen LogP contribution in [-0.4, -0.2) is 13.0 Å². The van der Waals surface area contributed by atoms with Crippen LogP contribution in [0.5, 0.6) is 0 Å². The molecule has 3 aromatic rings. The first-order valence-corrected chi connectivity index (χ1v) is 8.65. The Labute approximate surface area is 158 Å². The number of hydrogen-bond donors (Lipinski definition) is 1. The smallest absolute Gasteiger partial charge is 0.253 e. The third-order valence-corrected chi connectivity index (χ3v) is 4.39. The number of pyridine rings is 1. The molecule has 132 valence electrons. The van der Waals surface area contributed by atoms with Gasteiger partial charge in [-0.25, -0.2) is 0 Å². The van der Waals surface area contributed by atoms with Gasteiger partial charge in [0.15, 0.2) is 0 Å². The molecule has 4 nitrogen and oxygen atoms in total. The summed E-state index contributed by atoms with van der Waals surface area (Å²) in [6.45, 7) is 2.38. The van der Waals surface area contributed by atoms with Gasteiger partial charge in [-0.2, -0.15) is 0 Å². The Balaban J connectivity index is 1.78. The van der Waals surface area contributed by atoms with Gasteiger partial charge in [0.1, 0.15) is 13.7 Å². The molecule has 0 radical (unpaired) electrons. The maximum Gasteiger partial charge on any atom is 0.253 e. The lowest BCUT2D eigenvalue weighted by Crippen LogP contribution is -2.45. The Hall–Kier alpha value is -2.85. The molecule has 1 heterocycles. The lowest BCUT2D eigenvalue weighted by molar-refractivity contribution is -0.890. The predicted molar refractivity (Wildman–Crippen MR) is 102 cm³/mol. The predicted octanol–water partition coefficient (Wildman–Crippen LogP) is 3.59. The number of aryl methyl sites for hydroxylation is 1. The van der Waals surface area contributed by atoms with Crippen molar-refractivity contribution in [2.24, 2.45) is 0 Å². The molecule has 0 unspecified atom stereocenters. The monoisotopic (exact) mass is 367 g/mol. The summed E-state index contributed by atoms with van der Waals surface area (Å²) in [7, 11) is 1.59. The first kappa shape index (κ1) is 18.0. The molecule has 1 amide bonds. The standard InChI is InChI=1S/C21H19ClN2O2/c1-15-12-18(22)9-10-20(15)16-6-5-7-17(13-16)21(25)23-14-19-8-3-4-11-24(19)26-2/h3-13H,14H2,1-2H3/p+1. The van der Waals surface area contributed by atoms with Crippen molar-refractivity contribution in [3.05, 3.63) is 88.7 Å². The van der Waals surface area contributed by atoms with Gasteiger partial charge in [-0.3, -0.25) is 9.63 Å². The minimum Gasteiger partial charge on any atom is -0.342 e. The Morgan fingerprint density at radius 2 is 1.96 bits per heavy atom. The van der Waals surface area contributed by atoms with Crippen molar-refractivity contribution in [2.75, 3.05) is 7.11 Å². The first-order chi connectivity index (χ1) is 12.6. The number of carbonyl (C=O) groups excluding carboxylic acids is 1. The molecule has 0 bridgehead atoms. The van der Waals surface area contributed by atoms with Gasteiger partial charge < -0.3 is 5.32 Å². The van der Waals surface area contributed by atoms with E-state index in [9.17, 15) is 4.79 Å². The lowest BCUT2D eigenvalue weighted by atomic mass is 9.99. The fourth-order valence-corrected chi connectivity index (χ4v) is 3.06. The van der Waals surface area contributed by atoms with Crippen molar-refractivity contribution in [2.45, 2.75) is 13.5 Å². The number of halogens is 1. The van der Waals surface area contributed by atoms with E-state index in [2.05, 4.69) is 5.32 Å². The minimum absolute atomic E-state index is 0.134. The molecule has 3 rings (SSSR count). The molecule has 0 aliphatic rings. The van der Waals surface area contributed by atoms with E-state index >= 15 is 0 Å². The van der Waals surface area contributed by atoms with Crippen LogP contribution < -0.4 is 14.9 Å². The van der Waals surface area contributed by atoms with Gasteiger partial charge >= 0.3 is 0 Å². The first-order valence-electron chi connectivity index (χ1n) is 8.27. The fraction of sp³-hybridized carbons (Fsp3) is 0.143. The van der Waals surface area contributed by atoms with Gasteiger partial charge in [-0.05, 0) is 53.9 Å². The fourth-order valence-electron chi connectivity index (χ4n) is 2.83. The van der Waals surface area contributed by atoms with Crippen LogP contribution in [0.4, 0.5) is 0 Å². The number of rotatable bonds is 5. The average Bonchev–Trinajstić information content (AvgIpc) is 2.66. The van der Waals surface area contributed by atoms with Gasteiger partial charge in [0.2, 0.25) is 6.20 Å². The maximum absolute atomic E-state index is 12.6. The van der Waals surface area contributed by atoms with Crippen LogP contribution in [-0.2, 0) is 6.54 Å². The van der Waals surface area contributed by atoms with Crippen LogP contribution in [0.2, 0.25) is 5.02 Å². The molecular weight excluding hydrogens is 348 g/mol. The Morgan fingerprint density at radius 1 is 1.12 bits per heavy atom. The van der Waals surface area contributed by atoms with Crippen molar-refractivity contribution in [1.29, 1.82) is 0 Å². The highest BCUT2D eigenvalue weighted by atomic mass is 35.5. The molecule has 5 heteroatoms. The molecular formula is C21H20ClN2O2+. The van der Waals surface area contributed by atoms with Crippen LogP contribution in [0.25, 0.3) is 11.1 Å². The summed E-state index contributed by atoms with van der Waals surface area (Å²) in [6.07, 6.45) is 1.80. The van der Waals surface area contributed by atoms with E-state index in [4.69, 9.17) is 16.4 Å². The number of amides is 1. The van der Waals surface area contributed by atoms with E-state index in [0.29, 0.717) is 17.1 Å². The van der Waals surface area contributed by atoms with Gasteiger partial charge in [0.05, 0.1) is 0 Å². The highest BCUT2D eigenvalue weighted by Gasteiger charge is 2.13. The second-order valence-corrected chi connectivity index (χ2v) is 6.36. The van der Waals surface area contributed by atoms with Gasteiger partial charge in [-0.15, -0.1) is 0 Å². The summed E-state index contributed by atoms with van der Waals surface area (Å²) in [5, 5.41) is 3.63. The summed E-state index contributed by atoms with van der Waals surface area (Å²) in [5.41, 5.74) is 4.58. The highest BCUT2D eigenvalue weighted by molar-refractivity contribution is 6.30. The molecule has 0 fully saturated rings. The van der Waals surface area contributed by atoms with E-state index in [-0.39, 0.29) is 5.91 Å². The van der Waals surface area contributed by atoms with E-state index < -0.39 is 0 Å². The van der Waals surface area contributed by atoms with Crippen LogP contribution in [0.15, 0.2) is 66.9 Å². The number of benzene rings is 2. The Morgan fingerprint density at radius 3 is 2.73 bits per heavy atom. The highest BCUT2D eigenvalue weighted by Crippen LogP contribution is 2.26. The van der Waals surface area contributed by atoms with Gasteiger partial charge in [0.25, 0.3) is 11.6 Å². The Bertz CT molecular complexity index is 941.